The van der Waals surface area contributed by atoms with Gasteiger partial charge in [-0.3, -0.25) is 0 Å². The first kappa shape index (κ1) is 13.3. The number of likely N-dealkylation sites (N-methyl/N-ethyl adjacent to an activating group) is 1. The van der Waals surface area contributed by atoms with Crippen LogP contribution in [0.1, 0.15) is 36.3 Å². The van der Waals surface area contributed by atoms with Crippen LogP contribution in [-0.4, -0.2) is 29.6 Å². The molecule has 1 aliphatic heterocycles. The minimum Gasteiger partial charge on any atom is -0.345 e. The summed E-state index contributed by atoms with van der Waals surface area (Å²) in [6, 6.07) is 1.74. The number of benzene rings is 1. The predicted octanol–water partition coefficient (Wildman–Crippen LogP) is 3.67. The Labute approximate surface area is 123 Å². The molecule has 0 saturated heterocycles. The Balaban J connectivity index is 1.95. The minimum atomic E-state index is -0.699. The predicted molar refractivity (Wildman–Crippen MR) is 79.6 cm³/mol. The molecule has 1 aliphatic carbocycles. The summed E-state index contributed by atoms with van der Waals surface area (Å²) in [7, 11) is 4.09. The molecule has 2 nitrogen and oxygen atoms in total. The average Bonchev–Trinajstić information content (AvgIpc) is 2.73. The van der Waals surface area contributed by atoms with Gasteiger partial charge >= 0.3 is 0 Å². The van der Waals surface area contributed by atoms with Crippen LogP contribution >= 0.6 is 0 Å². The van der Waals surface area contributed by atoms with E-state index in [4.69, 9.17) is 0 Å². The number of nitrogens with zero attached hydrogens (tertiary/aromatic N) is 2. The zero-order chi connectivity index (χ0) is 14.7. The van der Waals surface area contributed by atoms with E-state index in [0.717, 1.165) is 42.5 Å². The lowest BCUT2D eigenvalue weighted by Crippen LogP contribution is -2.36. The second-order valence-electron chi connectivity index (χ2n) is 6.74. The fourth-order valence-electron chi connectivity index (χ4n) is 3.78. The lowest BCUT2D eigenvalue weighted by molar-refractivity contribution is 0.258. The molecular weight excluding hydrogens is 270 g/mol. The highest BCUT2D eigenvalue weighted by atomic mass is 19.2. The highest BCUT2D eigenvalue weighted by Crippen LogP contribution is 2.43. The van der Waals surface area contributed by atoms with E-state index in [0.29, 0.717) is 17.3 Å². The van der Waals surface area contributed by atoms with Gasteiger partial charge in [0.05, 0.1) is 5.52 Å². The molecule has 1 aromatic heterocycles. The third-order valence-corrected chi connectivity index (χ3v) is 5.28. The number of halogens is 2. The second kappa shape index (κ2) is 4.54. The molecule has 1 saturated carbocycles. The maximum atomic E-state index is 14.4. The van der Waals surface area contributed by atoms with Crippen molar-refractivity contribution in [1.82, 2.24) is 9.47 Å². The van der Waals surface area contributed by atoms with E-state index >= 15 is 0 Å². The summed E-state index contributed by atoms with van der Waals surface area (Å²) >= 11 is 0. The molecule has 0 bridgehead atoms. The molecular formula is C17H20F2N2. The molecule has 2 heterocycles. The van der Waals surface area contributed by atoms with Gasteiger partial charge in [-0.05, 0) is 56.5 Å². The van der Waals surface area contributed by atoms with Gasteiger partial charge in [0.2, 0.25) is 0 Å². The van der Waals surface area contributed by atoms with Gasteiger partial charge in [-0.15, -0.1) is 0 Å². The molecule has 2 aliphatic rings. The van der Waals surface area contributed by atoms with Crippen molar-refractivity contribution >= 4 is 10.9 Å². The Morgan fingerprint density at radius 1 is 1.24 bits per heavy atom. The SMILES string of the molecule is CN(C)C1Cc2cc(F)c(F)c3c(C4CCC4)cn(c23)C1. The molecule has 21 heavy (non-hydrogen) atoms. The lowest BCUT2D eigenvalue weighted by atomic mass is 9.80. The fraction of sp³-hybridized carbons (Fsp3) is 0.529. The molecule has 2 aromatic rings. The molecule has 0 spiro atoms. The molecule has 4 heteroatoms. The van der Waals surface area contributed by atoms with Crippen LogP contribution in [0.25, 0.3) is 10.9 Å². The topological polar surface area (TPSA) is 8.17 Å². The minimum absolute atomic E-state index is 0.340. The summed E-state index contributed by atoms with van der Waals surface area (Å²) in [5, 5.41) is 0.548. The summed E-state index contributed by atoms with van der Waals surface area (Å²) in [5.41, 5.74) is 2.89. The smallest absolute Gasteiger partial charge is 0.168 e. The zero-order valence-corrected chi connectivity index (χ0v) is 12.5. The number of hydrogen-bond acceptors (Lipinski definition) is 1. The van der Waals surface area contributed by atoms with Crippen molar-refractivity contribution in [2.24, 2.45) is 0 Å². The first-order valence-corrected chi connectivity index (χ1v) is 7.72. The average molecular weight is 290 g/mol. The molecule has 1 atom stereocenters. The largest absolute Gasteiger partial charge is 0.345 e. The van der Waals surface area contributed by atoms with Gasteiger partial charge in [0.15, 0.2) is 11.6 Å². The number of aromatic nitrogens is 1. The molecule has 0 amide bonds. The monoisotopic (exact) mass is 290 g/mol. The maximum absolute atomic E-state index is 14.4. The van der Waals surface area contributed by atoms with E-state index in [9.17, 15) is 8.78 Å². The van der Waals surface area contributed by atoms with Crippen molar-refractivity contribution in [2.45, 2.75) is 44.2 Å². The zero-order valence-electron chi connectivity index (χ0n) is 12.5. The standard InChI is InChI=1S/C17H20F2N2/c1-20(2)12-6-11-7-14(18)16(19)15-13(10-4-3-5-10)9-21(8-12)17(11)15/h7,9-10,12H,3-6,8H2,1-2H3. The molecule has 4 rings (SSSR count). The van der Waals surface area contributed by atoms with Gasteiger partial charge in [-0.1, -0.05) is 6.42 Å². The van der Waals surface area contributed by atoms with Crippen LogP contribution in [-0.2, 0) is 13.0 Å². The molecule has 1 aromatic carbocycles. The summed E-state index contributed by atoms with van der Waals surface area (Å²) in [5.74, 6) is -0.943. The molecule has 1 fully saturated rings. The number of rotatable bonds is 2. The molecule has 112 valence electrons. The van der Waals surface area contributed by atoms with Gasteiger partial charge in [-0.25, -0.2) is 8.78 Å². The Hall–Kier alpha value is -1.42. The summed E-state index contributed by atoms with van der Waals surface area (Å²) < 4.78 is 30.6. The van der Waals surface area contributed by atoms with Crippen LogP contribution in [0.3, 0.4) is 0 Å². The fourth-order valence-corrected chi connectivity index (χ4v) is 3.78. The van der Waals surface area contributed by atoms with Crippen molar-refractivity contribution in [1.29, 1.82) is 0 Å². The van der Waals surface area contributed by atoms with Crippen LogP contribution in [0, 0.1) is 11.6 Å². The summed E-state index contributed by atoms with van der Waals surface area (Å²) in [6.07, 6.45) is 6.26. The van der Waals surface area contributed by atoms with E-state index in [-0.39, 0.29) is 0 Å². The Kier molecular flexibility index (Phi) is 2.86. The van der Waals surface area contributed by atoms with Crippen LogP contribution in [0.15, 0.2) is 12.3 Å². The highest BCUT2D eigenvalue weighted by molar-refractivity contribution is 5.89. The third kappa shape index (κ3) is 1.85. The Morgan fingerprint density at radius 3 is 2.62 bits per heavy atom. The quantitative estimate of drug-likeness (QED) is 0.819. The third-order valence-electron chi connectivity index (χ3n) is 5.28. The van der Waals surface area contributed by atoms with E-state index in [1.54, 1.807) is 0 Å². The second-order valence-corrected chi connectivity index (χ2v) is 6.74. The first-order chi connectivity index (χ1) is 10.1. The van der Waals surface area contributed by atoms with E-state index in [2.05, 4.69) is 15.7 Å². The van der Waals surface area contributed by atoms with E-state index in [1.807, 2.05) is 14.1 Å². The van der Waals surface area contributed by atoms with Crippen molar-refractivity contribution in [2.75, 3.05) is 14.1 Å². The van der Waals surface area contributed by atoms with Gasteiger partial charge in [-0.2, -0.15) is 0 Å². The van der Waals surface area contributed by atoms with Gasteiger partial charge in [0, 0.05) is 24.2 Å². The number of hydrogen-bond donors (Lipinski definition) is 0. The van der Waals surface area contributed by atoms with Crippen LogP contribution in [0.4, 0.5) is 8.78 Å². The Bertz CT molecular complexity index is 713. The first-order valence-electron chi connectivity index (χ1n) is 7.72. The summed E-state index contributed by atoms with van der Waals surface area (Å²) in [4.78, 5) is 2.17. The van der Waals surface area contributed by atoms with Gasteiger partial charge in [0.1, 0.15) is 0 Å². The van der Waals surface area contributed by atoms with Crippen LogP contribution < -0.4 is 0 Å². The van der Waals surface area contributed by atoms with Crippen LogP contribution in [0.5, 0.6) is 0 Å². The molecule has 1 unspecified atom stereocenters. The normalized spacial score (nSPS) is 22.0. The van der Waals surface area contributed by atoms with E-state index in [1.165, 1.54) is 12.5 Å². The van der Waals surface area contributed by atoms with Crippen molar-refractivity contribution in [3.63, 3.8) is 0 Å². The highest BCUT2D eigenvalue weighted by Gasteiger charge is 2.31. The van der Waals surface area contributed by atoms with Crippen LogP contribution in [0.2, 0.25) is 0 Å². The summed E-state index contributed by atoms with van der Waals surface area (Å²) in [6.45, 7) is 0.855. The van der Waals surface area contributed by atoms with Crippen molar-refractivity contribution in [3.8, 4) is 0 Å². The molecule has 0 radical (unpaired) electrons. The van der Waals surface area contributed by atoms with Gasteiger partial charge in [0.25, 0.3) is 0 Å². The lowest BCUT2D eigenvalue weighted by Gasteiger charge is -2.30. The van der Waals surface area contributed by atoms with Crippen molar-refractivity contribution in [3.05, 3.63) is 35.0 Å². The van der Waals surface area contributed by atoms with Gasteiger partial charge < -0.3 is 9.47 Å². The molecule has 0 N–H and O–H groups in total. The maximum Gasteiger partial charge on any atom is 0.168 e. The Morgan fingerprint density at radius 2 is 2.00 bits per heavy atom. The van der Waals surface area contributed by atoms with Crippen molar-refractivity contribution < 1.29 is 8.78 Å². The van der Waals surface area contributed by atoms with E-state index < -0.39 is 11.6 Å².